The fourth-order valence-electron chi connectivity index (χ4n) is 8.99. The summed E-state index contributed by atoms with van der Waals surface area (Å²) >= 11 is 0. The van der Waals surface area contributed by atoms with Crippen LogP contribution >= 0.6 is 0 Å². The molecule has 284 valence electrons. The van der Waals surface area contributed by atoms with Gasteiger partial charge < -0.3 is 33.5 Å². The van der Waals surface area contributed by atoms with Crippen molar-refractivity contribution in [3.05, 3.63) is 47.0 Å². The molecule has 0 aromatic heterocycles. The molecule has 1 N–H and O–H groups in total. The Morgan fingerprint density at radius 1 is 0.923 bits per heavy atom. The van der Waals surface area contributed by atoms with Crippen LogP contribution in [-0.4, -0.2) is 89.1 Å². The van der Waals surface area contributed by atoms with Gasteiger partial charge in [0.15, 0.2) is 17.5 Å². The molecule has 1 aromatic rings. The number of carbonyl (C=O) groups excluding carboxylic acids is 6. The summed E-state index contributed by atoms with van der Waals surface area (Å²) in [5, 5.41) is 13.5. The first-order valence-electron chi connectivity index (χ1n) is 17.8. The number of ether oxygens (including phenoxy) is 6. The predicted molar refractivity (Wildman–Crippen MR) is 182 cm³/mol. The van der Waals surface area contributed by atoms with Crippen LogP contribution in [0.15, 0.2) is 41.5 Å². The van der Waals surface area contributed by atoms with Gasteiger partial charge in [-0.05, 0) is 49.5 Å². The van der Waals surface area contributed by atoms with Gasteiger partial charge in [0.25, 0.3) is 0 Å². The molecule has 13 nitrogen and oxygen atoms in total. The fourth-order valence-corrected chi connectivity index (χ4v) is 8.99. The van der Waals surface area contributed by atoms with Crippen LogP contribution in [0.2, 0.25) is 0 Å². The molecule has 0 spiro atoms. The van der Waals surface area contributed by atoms with Gasteiger partial charge in [-0.2, -0.15) is 0 Å². The van der Waals surface area contributed by atoms with Crippen LogP contribution in [0.1, 0.15) is 98.4 Å². The van der Waals surface area contributed by atoms with Crippen molar-refractivity contribution in [2.45, 2.75) is 130 Å². The Morgan fingerprint density at radius 3 is 2.10 bits per heavy atom. The van der Waals surface area contributed by atoms with Gasteiger partial charge in [-0.15, -0.1) is 0 Å². The average molecular weight is 727 g/mol. The first kappa shape index (κ1) is 39.1. The summed E-state index contributed by atoms with van der Waals surface area (Å²) in [5.41, 5.74) is -6.68. The van der Waals surface area contributed by atoms with Crippen LogP contribution < -0.4 is 0 Å². The van der Waals surface area contributed by atoms with E-state index in [-0.39, 0.29) is 42.9 Å². The Balaban J connectivity index is 1.85. The number of benzene rings is 1. The summed E-state index contributed by atoms with van der Waals surface area (Å²) in [7, 11) is 0. The number of hydrogen-bond donors (Lipinski definition) is 1. The molecule has 9 atom stereocenters. The Kier molecular flexibility index (Phi) is 10.6. The molecule has 1 heterocycles. The minimum absolute atomic E-state index is 0.0800. The third-order valence-electron chi connectivity index (χ3n) is 11.7. The highest BCUT2D eigenvalue weighted by Crippen LogP contribution is 2.65. The Morgan fingerprint density at radius 2 is 1.56 bits per heavy atom. The molecule has 1 saturated heterocycles. The molecular formula is C39H50O13. The Labute approximate surface area is 303 Å². The van der Waals surface area contributed by atoms with E-state index >= 15 is 4.79 Å². The first-order valence-corrected chi connectivity index (χ1v) is 17.8. The summed E-state index contributed by atoms with van der Waals surface area (Å²) in [6, 6.07) is 8.03. The van der Waals surface area contributed by atoms with Crippen molar-refractivity contribution in [1.29, 1.82) is 0 Å². The topological polar surface area (TPSA) is 178 Å². The van der Waals surface area contributed by atoms with Crippen LogP contribution in [-0.2, 0) is 52.4 Å². The van der Waals surface area contributed by atoms with Gasteiger partial charge in [0.05, 0.1) is 23.5 Å². The second-order valence-electron chi connectivity index (χ2n) is 15.7. The molecule has 0 amide bonds. The van der Waals surface area contributed by atoms with E-state index in [0.717, 1.165) is 6.92 Å². The zero-order valence-corrected chi connectivity index (χ0v) is 31.3. The van der Waals surface area contributed by atoms with Crippen molar-refractivity contribution in [1.82, 2.24) is 0 Å². The van der Waals surface area contributed by atoms with E-state index in [4.69, 9.17) is 28.4 Å². The Hall–Kier alpha value is -4.10. The van der Waals surface area contributed by atoms with Crippen molar-refractivity contribution in [3.8, 4) is 0 Å². The lowest BCUT2D eigenvalue weighted by molar-refractivity contribution is -0.346. The number of aliphatic hydroxyl groups is 1. The van der Waals surface area contributed by atoms with E-state index in [0.29, 0.717) is 12.0 Å². The summed E-state index contributed by atoms with van der Waals surface area (Å²) < 4.78 is 36.2. The lowest BCUT2D eigenvalue weighted by atomic mass is 9.44. The molecule has 13 heteroatoms. The number of esters is 5. The van der Waals surface area contributed by atoms with Gasteiger partial charge in [0, 0.05) is 45.4 Å². The van der Waals surface area contributed by atoms with E-state index < -0.39 is 94.1 Å². The maximum absolute atomic E-state index is 15.5. The Bertz CT molecular complexity index is 1660. The van der Waals surface area contributed by atoms with Crippen molar-refractivity contribution < 1.29 is 62.3 Å². The van der Waals surface area contributed by atoms with Gasteiger partial charge in [0.2, 0.25) is 0 Å². The quantitative estimate of drug-likeness (QED) is 0.218. The standard InChI is InChI=1S/C39H50O13/c1-20(2)15-16-29(43)50-26-18-39(46)34(51-35(45)25-13-11-10-12-14-25)32-37(9,33(44)31(49-23(5)41)30(21(26)3)36(39,7)8)27(48-22(4)40)17-28-38(32,19-47-28)52-24(6)42/h10-14,20,26-28,31-32,34,46H,15-19H2,1-9H3/t26-,27-,28+,31+,32-,34-,37+,38-,39+/m0/s1. The van der Waals surface area contributed by atoms with Gasteiger partial charge in [-0.3, -0.25) is 24.0 Å². The normalized spacial score (nSPS) is 34.7. The molecule has 3 fully saturated rings. The monoisotopic (exact) mass is 726 g/mol. The molecular weight excluding hydrogens is 676 g/mol. The largest absolute Gasteiger partial charge is 0.461 e. The minimum Gasteiger partial charge on any atom is -0.461 e. The van der Waals surface area contributed by atoms with Crippen LogP contribution in [0.5, 0.6) is 0 Å². The number of ketones is 1. The summed E-state index contributed by atoms with van der Waals surface area (Å²) in [5.74, 6) is -5.68. The van der Waals surface area contributed by atoms with Gasteiger partial charge in [-0.1, -0.05) is 45.9 Å². The van der Waals surface area contributed by atoms with Crippen LogP contribution in [0, 0.1) is 22.7 Å². The minimum atomic E-state index is -2.20. The van der Waals surface area contributed by atoms with Crippen molar-refractivity contribution in [2.24, 2.45) is 22.7 Å². The average Bonchev–Trinajstić information content (AvgIpc) is 3.04. The van der Waals surface area contributed by atoms with Crippen molar-refractivity contribution in [3.63, 3.8) is 0 Å². The smallest absolute Gasteiger partial charge is 0.338 e. The van der Waals surface area contributed by atoms with E-state index in [1.165, 1.54) is 32.9 Å². The maximum Gasteiger partial charge on any atom is 0.338 e. The van der Waals surface area contributed by atoms with E-state index in [9.17, 15) is 29.1 Å². The van der Waals surface area contributed by atoms with Crippen molar-refractivity contribution >= 4 is 35.6 Å². The highest BCUT2D eigenvalue weighted by atomic mass is 16.6. The zero-order valence-electron chi connectivity index (χ0n) is 31.3. The fraction of sp³-hybridized carbons (Fsp3) is 0.641. The van der Waals surface area contributed by atoms with E-state index in [1.807, 2.05) is 13.8 Å². The highest BCUT2D eigenvalue weighted by molar-refractivity contribution is 5.96. The molecule has 1 aromatic carbocycles. The van der Waals surface area contributed by atoms with Crippen LogP contribution in [0.3, 0.4) is 0 Å². The molecule has 5 rings (SSSR count). The molecule has 3 aliphatic carbocycles. The second-order valence-corrected chi connectivity index (χ2v) is 15.7. The van der Waals surface area contributed by atoms with Crippen LogP contribution in [0.25, 0.3) is 0 Å². The molecule has 4 aliphatic rings. The third-order valence-corrected chi connectivity index (χ3v) is 11.7. The summed E-state index contributed by atoms with van der Waals surface area (Å²) in [6.45, 7) is 13.6. The SMILES string of the molecule is CC(=O)O[C@H]1C(=O)[C@]2(C)[C@@H](OC(C)=O)C[C@H]3OC[C@@]3(OC(C)=O)[C@H]2[C@H](OC(=O)c2ccccc2)[C@]2(O)C[C@H](OC(=O)CCC(C)C)C(C)=C1C2(C)C. The van der Waals surface area contributed by atoms with Crippen molar-refractivity contribution in [2.75, 3.05) is 6.61 Å². The van der Waals surface area contributed by atoms with E-state index in [2.05, 4.69) is 0 Å². The molecule has 2 bridgehead atoms. The summed E-state index contributed by atoms with van der Waals surface area (Å²) in [6.07, 6.45) is -6.55. The highest BCUT2D eigenvalue weighted by Gasteiger charge is 2.79. The lowest BCUT2D eigenvalue weighted by Crippen LogP contribution is -2.82. The lowest BCUT2D eigenvalue weighted by Gasteiger charge is -2.67. The molecule has 2 saturated carbocycles. The van der Waals surface area contributed by atoms with Gasteiger partial charge in [-0.25, -0.2) is 4.79 Å². The third kappa shape index (κ3) is 6.44. The van der Waals surface area contributed by atoms with Gasteiger partial charge in [0.1, 0.15) is 30.0 Å². The second kappa shape index (κ2) is 14.0. The number of fused-ring (bicyclic) bond motifs is 5. The maximum atomic E-state index is 15.5. The number of Topliss-reactive ketones (excluding diaryl/α,β-unsaturated/α-hetero) is 1. The predicted octanol–water partition coefficient (Wildman–Crippen LogP) is 4.21. The molecule has 1 aliphatic heterocycles. The zero-order chi connectivity index (χ0) is 38.6. The number of rotatable bonds is 9. The first-order chi connectivity index (χ1) is 24.2. The summed E-state index contributed by atoms with van der Waals surface area (Å²) in [4.78, 5) is 81.4. The molecule has 0 unspecified atom stereocenters. The van der Waals surface area contributed by atoms with E-state index in [1.54, 1.807) is 39.0 Å². The van der Waals surface area contributed by atoms with Crippen LogP contribution in [0.4, 0.5) is 0 Å². The number of hydrogen-bond acceptors (Lipinski definition) is 13. The number of carbonyl (C=O) groups is 6. The molecule has 52 heavy (non-hydrogen) atoms. The molecule has 0 radical (unpaired) electrons. The van der Waals surface area contributed by atoms with Gasteiger partial charge >= 0.3 is 29.8 Å².